The van der Waals surface area contributed by atoms with Crippen molar-refractivity contribution in [1.82, 2.24) is 19.9 Å². The van der Waals surface area contributed by atoms with Gasteiger partial charge in [-0.05, 0) is 79.9 Å². The van der Waals surface area contributed by atoms with E-state index in [0.717, 1.165) is 57.0 Å². The fourth-order valence-electron chi connectivity index (χ4n) is 4.13. The molecule has 0 amide bonds. The zero-order valence-corrected chi connectivity index (χ0v) is 18.5. The zero-order chi connectivity index (χ0) is 22.1. The molecule has 5 heteroatoms. The van der Waals surface area contributed by atoms with E-state index in [2.05, 4.69) is 70.5 Å². The summed E-state index contributed by atoms with van der Waals surface area (Å²) in [5.74, 6) is 0. The van der Waals surface area contributed by atoms with Gasteiger partial charge in [-0.25, -0.2) is 4.98 Å². The summed E-state index contributed by atoms with van der Waals surface area (Å²) in [6.45, 7) is 7.14. The Bertz CT molecular complexity index is 1420. The summed E-state index contributed by atoms with van der Waals surface area (Å²) in [7, 11) is 0. The number of nitrogens with zero attached hydrogens (tertiary/aromatic N) is 3. The maximum Gasteiger partial charge on any atom is 0.138 e. The molecule has 4 aromatic heterocycles. The first kappa shape index (κ1) is 19.9. The van der Waals surface area contributed by atoms with Crippen LogP contribution >= 0.6 is 0 Å². The fraction of sp³-hybridized carbons (Fsp3) is 0.148. The number of aromatic amines is 1. The van der Waals surface area contributed by atoms with Gasteiger partial charge in [0.25, 0.3) is 0 Å². The molecule has 0 unspecified atom stereocenters. The molecule has 0 aliphatic carbocycles. The second kappa shape index (κ2) is 8.27. The lowest BCUT2D eigenvalue weighted by Gasteiger charge is -2.12. The molecule has 5 nitrogen and oxygen atoms in total. The number of aryl methyl sites for hydroxylation is 2. The molecule has 4 heterocycles. The van der Waals surface area contributed by atoms with Crippen LogP contribution in [0, 0.1) is 13.8 Å². The lowest BCUT2D eigenvalue weighted by atomic mass is 9.97. The van der Waals surface area contributed by atoms with Crippen molar-refractivity contribution >= 4 is 16.7 Å². The topological polar surface area (TPSA) is 66.5 Å². The lowest BCUT2D eigenvalue weighted by molar-refractivity contribution is 1.18. The monoisotopic (exact) mass is 419 g/mol. The van der Waals surface area contributed by atoms with E-state index in [9.17, 15) is 0 Å². The molecule has 0 saturated heterocycles. The van der Waals surface area contributed by atoms with E-state index in [0.29, 0.717) is 0 Å². The Morgan fingerprint density at radius 2 is 1.69 bits per heavy atom. The number of nitrogens with one attached hydrogen (secondary N) is 2. The first-order valence-electron chi connectivity index (χ1n) is 10.8. The summed E-state index contributed by atoms with van der Waals surface area (Å²) in [4.78, 5) is 17.3. The molecule has 0 aliphatic rings. The van der Waals surface area contributed by atoms with Crippen LogP contribution in [0.5, 0.6) is 0 Å². The second-order valence-corrected chi connectivity index (χ2v) is 7.98. The van der Waals surface area contributed by atoms with Crippen LogP contribution in [0.4, 0.5) is 5.69 Å². The first-order chi connectivity index (χ1) is 15.6. The summed E-state index contributed by atoms with van der Waals surface area (Å²) in [6.07, 6.45) is 5.77. The normalized spacial score (nSPS) is 11.1. The van der Waals surface area contributed by atoms with Crippen LogP contribution in [0.25, 0.3) is 44.7 Å². The maximum atomic E-state index is 4.81. The van der Waals surface area contributed by atoms with E-state index in [4.69, 9.17) is 4.98 Å². The minimum Gasteiger partial charge on any atom is -0.385 e. The van der Waals surface area contributed by atoms with Gasteiger partial charge in [0.15, 0.2) is 0 Å². The molecule has 32 heavy (non-hydrogen) atoms. The Hall–Kier alpha value is -3.99. The molecule has 1 aromatic carbocycles. The van der Waals surface area contributed by atoms with Crippen molar-refractivity contribution in [3.63, 3.8) is 0 Å². The van der Waals surface area contributed by atoms with Crippen molar-refractivity contribution < 1.29 is 0 Å². The van der Waals surface area contributed by atoms with Crippen LogP contribution in [0.15, 0.2) is 73.2 Å². The van der Waals surface area contributed by atoms with E-state index < -0.39 is 0 Å². The Kier molecular flexibility index (Phi) is 5.15. The molecular formula is C27H25N5. The van der Waals surface area contributed by atoms with Gasteiger partial charge in [-0.2, -0.15) is 0 Å². The van der Waals surface area contributed by atoms with E-state index in [-0.39, 0.29) is 0 Å². The minimum atomic E-state index is 0.843. The molecule has 0 aliphatic heterocycles. The predicted molar refractivity (Wildman–Crippen MR) is 132 cm³/mol. The smallest absolute Gasteiger partial charge is 0.138 e. The molecule has 5 rings (SSSR count). The van der Waals surface area contributed by atoms with Crippen molar-refractivity contribution in [1.29, 1.82) is 0 Å². The van der Waals surface area contributed by atoms with Crippen LogP contribution in [-0.4, -0.2) is 26.5 Å². The van der Waals surface area contributed by atoms with Crippen molar-refractivity contribution in [3.8, 4) is 33.6 Å². The standard InChI is InChI=1S/C27H25N5/c1-4-29-21-8-9-22(17(2)12-21)19-13-20(16-28-15-19)24-14-26(25-7-5-6-18(3)31-25)32-27-23(24)10-11-30-27/h5-16,29H,4H2,1-3H3,(H,30,32). The van der Waals surface area contributed by atoms with Crippen LogP contribution < -0.4 is 5.32 Å². The summed E-state index contributed by atoms with van der Waals surface area (Å²) >= 11 is 0. The van der Waals surface area contributed by atoms with Gasteiger partial charge in [0.2, 0.25) is 0 Å². The second-order valence-electron chi connectivity index (χ2n) is 7.98. The summed E-state index contributed by atoms with van der Waals surface area (Å²) < 4.78 is 0. The maximum absolute atomic E-state index is 4.81. The summed E-state index contributed by atoms with van der Waals surface area (Å²) in [5.41, 5.74) is 10.3. The molecule has 0 bridgehead atoms. The van der Waals surface area contributed by atoms with Gasteiger partial charge in [-0.3, -0.25) is 9.97 Å². The third-order valence-electron chi connectivity index (χ3n) is 5.65. The Balaban J connectivity index is 1.63. The number of hydrogen-bond donors (Lipinski definition) is 2. The molecule has 0 fully saturated rings. The van der Waals surface area contributed by atoms with Gasteiger partial charge in [0.1, 0.15) is 5.65 Å². The van der Waals surface area contributed by atoms with E-state index in [1.54, 1.807) is 0 Å². The molecule has 158 valence electrons. The number of fused-ring (bicyclic) bond motifs is 1. The van der Waals surface area contributed by atoms with E-state index >= 15 is 0 Å². The molecule has 5 aromatic rings. The Labute approximate surface area is 187 Å². The SMILES string of the molecule is CCNc1ccc(-c2cncc(-c3cc(-c4cccc(C)n4)nc4[nH]ccc34)c2)c(C)c1. The first-order valence-corrected chi connectivity index (χ1v) is 10.8. The van der Waals surface area contributed by atoms with Gasteiger partial charge in [-0.1, -0.05) is 12.1 Å². The predicted octanol–water partition coefficient (Wildman–Crippen LogP) is 6.40. The average Bonchev–Trinajstić information content (AvgIpc) is 3.28. The van der Waals surface area contributed by atoms with Crippen molar-refractivity contribution in [2.24, 2.45) is 0 Å². The summed E-state index contributed by atoms with van der Waals surface area (Å²) in [6, 6.07) is 18.9. The quantitative estimate of drug-likeness (QED) is 0.346. The van der Waals surface area contributed by atoms with Crippen molar-refractivity contribution in [2.45, 2.75) is 20.8 Å². The number of anilines is 1. The number of aromatic nitrogens is 4. The molecule has 0 radical (unpaired) electrons. The Morgan fingerprint density at radius 3 is 2.47 bits per heavy atom. The van der Waals surface area contributed by atoms with Gasteiger partial charge in [0.05, 0.1) is 11.4 Å². The average molecular weight is 420 g/mol. The van der Waals surface area contributed by atoms with Gasteiger partial charge in [0, 0.05) is 53.0 Å². The highest BCUT2D eigenvalue weighted by molar-refractivity contribution is 5.95. The van der Waals surface area contributed by atoms with Crippen LogP contribution in [0.2, 0.25) is 0 Å². The molecule has 0 saturated carbocycles. The highest BCUT2D eigenvalue weighted by Gasteiger charge is 2.13. The van der Waals surface area contributed by atoms with Crippen molar-refractivity contribution in [2.75, 3.05) is 11.9 Å². The van der Waals surface area contributed by atoms with Crippen LogP contribution in [0.1, 0.15) is 18.2 Å². The Morgan fingerprint density at radius 1 is 0.844 bits per heavy atom. The van der Waals surface area contributed by atoms with Crippen LogP contribution in [0.3, 0.4) is 0 Å². The number of benzene rings is 1. The fourth-order valence-corrected chi connectivity index (χ4v) is 4.13. The number of H-pyrrole nitrogens is 1. The number of pyridine rings is 3. The van der Waals surface area contributed by atoms with Crippen molar-refractivity contribution in [3.05, 3.63) is 84.4 Å². The molecular weight excluding hydrogens is 394 g/mol. The van der Waals surface area contributed by atoms with E-state index in [1.165, 1.54) is 11.1 Å². The molecule has 0 atom stereocenters. The third kappa shape index (κ3) is 3.73. The van der Waals surface area contributed by atoms with E-state index in [1.807, 2.05) is 43.7 Å². The van der Waals surface area contributed by atoms with Crippen LogP contribution in [-0.2, 0) is 0 Å². The molecule has 2 N–H and O–H groups in total. The highest BCUT2D eigenvalue weighted by Crippen LogP contribution is 2.34. The largest absolute Gasteiger partial charge is 0.385 e. The van der Waals surface area contributed by atoms with Gasteiger partial charge < -0.3 is 10.3 Å². The van der Waals surface area contributed by atoms with Gasteiger partial charge >= 0.3 is 0 Å². The zero-order valence-electron chi connectivity index (χ0n) is 18.5. The molecule has 0 spiro atoms. The minimum absolute atomic E-state index is 0.843. The third-order valence-corrected chi connectivity index (χ3v) is 5.65. The number of hydrogen-bond acceptors (Lipinski definition) is 4. The van der Waals surface area contributed by atoms with Gasteiger partial charge in [-0.15, -0.1) is 0 Å². The highest BCUT2D eigenvalue weighted by atomic mass is 14.9. The number of rotatable bonds is 5. The summed E-state index contributed by atoms with van der Waals surface area (Å²) in [5, 5.41) is 4.44. The lowest BCUT2D eigenvalue weighted by Crippen LogP contribution is -1.97.